The molecule has 4 nitrogen and oxygen atoms in total. The molecule has 1 aromatic rings. The lowest BCUT2D eigenvalue weighted by Gasteiger charge is -2.32. The lowest BCUT2D eigenvalue weighted by Crippen LogP contribution is -2.42. The molecule has 4 heteroatoms. The van der Waals surface area contributed by atoms with Crippen molar-refractivity contribution in [3.63, 3.8) is 0 Å². The Labute approximate surface area is 119 Å². The quantitative estimate of drug-likeness (QED) is 0.745. The molecule has 20 heavy (non-hydrogen) atoms. The van der Waals surface area contributed by atoms with Gasteiger partial charge in [-0.2, -0.15) is 0 Å². The average Bonchev–Trinajstić information content (AvgIpc) is 2.41. The molecule has 1 aliphatic carbocycles. The summed E-state index contributed by atoms with van der Waals surface area (Å²) in [5, 5.41) is 22.6. The van der Waals surface area contributed by atoms with Gasteiger partial charge in [0.05, 0.1) is 12.0 Å². The topological polar surface area (TPSA) is 69.6 Å². The highest BCUT2D eigenvalue weighted by Crippen LogP contribution is 2.27. The van der Waals surface area contributed by atoms with Crippen molar-refractivity contribution in [2.24, 2.45) is 0 Å². The summed E-state index contributed by atoms with van der Waals surface area (Å²) in [5.74, 6) is -0.816. The van der Waals surface area contributed by atoms with Crippen LogP contribution in [0.4, 0.5) is 0 Å². The Morgan fingerprint density at radius 1 is 1.15 bits per heavy atom. The van der Waals surface area contributed by atoms with Crippen LogP contribution in [0, 0.1) is 0 Å². The number of aliphatic carboxylic acids is 1. The van der Waals surface area contributed by atoms with E-state index < -0.39 is 11.6 Å². The second kappa shape index (κ2) is 6.86. The molecule has 0 bridgehead atoms. The molecule has 1 aromatic carbocycles. The Bertz CT molecular complexity index is 453. The van der Waals surface area contributed by atoms with Gasteiger partial charge in [0.2, 0.25) is 0 Å². The predicted molar refractivity (Wildman–Crippen MR) is 77.5 cm³/mol. The van der Waals surface area contributed by atoms with Gasteiger partial charge in [0, 0.05) is 13.1 Å². The van der Waals surface area contributed by atoms with E-state index in [0.717, 1.165) is 36.8 Å². The Morgan fingerprint density at radius 3 is 2.45 bits per heavy atom. The molecule has 0 radical (unpaired) electrons. The van der Waals surface area contributed by atoms with Crippen LogP contribution < -0.4 is 5.32 Å². The Hall–Kier alpha value is -1.39. The highest BCUT2D eigenvalue weighted by atomic mass is 16.4. The minimum absolute atomic E-state index is 0.0438. The maximum Gasteiger partial charge on any atom is 0.307 e. The molecule has 0 unspecified atom stereocenters. The van der Waals surface area contributed by atoms with Crippen LogP contribution in [0.5, 0.6) is 0 Å². The third-order valence-electron chi connectivity index (χ3n) is 4.01. The zero-order chi connectivity index (χ0) is 14.4. The summed E-state index contributed by atoms with van der Waals surface area (Å²) in [6, 6.07) is 7.56. The van der Waals surface area contributed by atoms with E-state index in [1.807, 2.05) is 24.3 Å². The molecule has 0 aliphatic heterocycles. The maximum atomic E-state index is 10.8. The van der Waals surface area contributed by atoms with Gasteiger partial charge in [0.1, 0.15) is 0 Å². The summed E-state index contributed by atoms with van der Waals surface area (Å²) in [5.41, 5.74) is 1.25. The first-order valence-corrected chi connectivity index (χ1v) is 7.31. The van der Waals surface area contributed by atoms with Gasteiger partial charge in [-0.05, 0) is 24.0 Å². The zero-order valence-electron chi connectivity index (χ0n) is 11.8. The standard InChI is InChI=1S/C16H23NO3/c18-15(19)10-13-6-2-3-7-14(13)11-17-12-16(20)8-4-1-5-9-16/h2-3,6-7,17,20H,1,4-5,8-12H2,(H,18,19). The lowest BCUT2D eigenvalue weighted by atomic mass is 9.85. The van der Waals surface area contributed by atoms with Crippen molar-refractivity contribution in [1.29, 1.82) is 0 Å². The number of hydrogen-bond acceptors (Lipinski definition) is 3. The van der Waals surface area contributed by atoms with Gasteiger partial charge in [-0.3, -0.25) is 4.79 Å². The van der Waals surface area contributed by atoms with Gasteiger partial charge in [0.15, 0.2) is 0 Å². The second-order valence-corrected chi connectivity index (χ2v) is 5.73. The molecule has 0 heterocycles. The minimum atomic E-state index is -0.816. The molecular weight excluding hydrogens is 254 g/mol. The van der Waals surface area contributed by atoms with Gasteiger partial charge in [-0.25, -0.2) is 0 Å². The van der Waals surface area contributed by atoms with Crippen LogP contribution in [0.3, 0.4) is 0 Å². The van der Waals surface area contributed by atoms with Gasteiger partial charge < -0.3 is 15.5 Å². The van der Waals surface area contributed by atoms with Crippen LogP contribution in [-0.4, -0.2) is 28.3 Å². The van der Waals surface area contributed by atoms with Crippen LogP contribution in [0.15, 0.2) is 24.3 Å². The van der Waals surface area contributed by atoms with E-state index in [9.17, 15) is 9.90 Å². The van der Waals surface area contributed by atoms with Gasteiger partial charge >= 0.3 is 5.97 Å². The first-order valence-electron chi connectivity index (χ1n) is 7.31. The number of carboxylic acid groups (broad SMARTS) is 1. The van der Waals surface area contributed by atoms with Crippen molar-refractivity contribution in [2.45, 2.75) is 50.7 Å². The monoisotopic (exact) mass is 277 g/mol. The van der Waals surface area contributed by atoms with Crippen LogP contribution >= 0.6 is 0 Å². The van der Waals surface area contributed by atoms with Crippen molar-refractivity contribution in [3.8, 4) is 0 Å². The third kappa shape index (κ3) is 4.32. The van der Waals surface area contributed by atoms with E-state index in [1.54, 1.807) is 0 Å². The predicted octanol–water partition coefficient (Wildman–Crippen LogP) is 2.10. The number of carboxylic acids is 1. The minimum Gasteiger partial charge on any atom is -0.481 e. The number of rotatable bonds is 6. The molecule has 3 N–H and O–H groups in total. The molecule has 0 atom stereocenters. The van der Waals surface area contributed by atoms with Gasteiger partial charge in [0.25, 0.3) is 0 Å². The molecule has 0 saturated heterocycles. The molecule has 1 aliphatic rings. The van der Waals surface area contributed by atoms with Crippen molar-refractivity contribution >= 4 is 5.97 Å². The smallest absolute Gasteiger partial charge is 0.307 e. The maximum absolute atomic E-state index is 10.8. The molecule has 0 amide bonds. The summed E-state index contributed by atoms with van der Waals surface area (Å²) in [6.45, 7) is 1.18. The van der Waals surface area contributed by atoms with Crippen LogP contribution in [0.25, 0.3) is 0 Å². The Kier molecular flexibility index (Phi) is 5.15. The van der Waals surface area contributed by atoms with E-state index in [1.165, 1.54) is 6.42 Å². The second-order valence-electron chi connectivity index (χ2n) is 5.73. The fraction of sp³-hybridized carbons (Fsp3) is 0.562. The molecule has 2 rings (SSSR count). The first-order chi connectivity index (χ1) is 9.59. The summed E-state index contributed by atoms with van der Waals surface area (Å²) in [4.78, 5) is 10.8. The summed E-state index contributed by atoms with van der Waals surface area (Å²) in [6.07, 6.45) is 5.15. The first kappa shape index (κ1) is 15.0. The van der Waals surface area contributed by atoms with Crippen LogP contribution in [0.1, 0.15) is 43.2 Å². The van der Waals surface area contributed by atoms with Crippen LogP contribution in [0.2, 0.25) is 0 Å². The summed E-state index contributed by atoms with van der Waals surface area (Å²) < 4.78 is 0. The Morgan fingerprint density at radius 2 is 1.80 bits per heavy atom. The highest BCUT2D eigenvalue weighted by Gasteiger charge is 2.28. The fourth-order valence-electron chi connectivity index (χ4n) is 2.88. The molecular formula is C16H23NO3. The lowest BCUT2D eigenvalue weighted by molar-refractivity contribution is -0.136. The summed E-state index contributed by atoms with van der Waals surface area (Å²) in [7, 11) is 0. The number of nitrogens with one attached hydrogen (secondary N) is 1. The van der Waals surface area contributed by atoms with E-state index in [4.69, 9.17) is 5.11 Å². The van der Waals surface area contributed by atoms with Crippen molar-refractivity contribution in [3.05, 3.63) is 35.4 Å². The van der Waals surface area contributed by atoms with E-state index in [0.29, 0.717) is 13.1 Å². The molecule has 0 spiro atoms. The number of benzene rings is 1. The summed E-state index contributed by atoms with van der Waals surface area (Å²) >= 11 is 0. The highest BCUT2D eigenvalue weighted by molar-refractivity contribution is 5.70. The SMILES string of the molecule is O=C(O)Cc1ccccc1CNCC1(O)CCCCC1. The normalized spacial score (nSPS) is 17.9. The fourth-order valence-corrected chi connectivity index (χ4v) is 2.88. The number of aliphatic hydroxyl groups is 1. The van der Waals surface area contributed by atoms with Gasteiger partial charge in [-0.15, -0.1) is 0 Å². The molecule has 1 fully saturated rings. The van der Waals surface area contributed by atoms with E-state index in [2.05, 4.69) is 5.32 Å². The Balaban J connectivity index is 1.89. The van der Waals surface area contributed by atoms with E-state index >= 15 is 0 Å². The number of hydrogen-bond donors (Lipinski definition) is 3. The molecule has 1 saturated carbocycles. The third-order valence-corrected chi connectivity index (χ3v) is 4.01. The van der Waals surface area contributed by atoms with E-state index in [-0.39, 0.29) is 6.42 Å². The van der Waals surface area contributed by atoms with Crippen molar-refractivity contribution < 1.29 is 15.0 Å². The molecule has 0 aromatic heterocycles. The van der Waals surface area contributed by atoms with Gasteiger partial charge in [-0.1, -0.05) is 43.5 Å². The number of carbonyl (C=O) groups is 1. The zero-order valence-corrected chi connectivity index (χ0v) is 11.8. The average molecular weight is 277 g/mol. The van der Waals surface area contributed by atoms with Crippen LogP contribution in [-0.2, 0) is 17.8 Å². The largest absolute Gasteiger partial charge is 0.481 e. The van der Waals surface area contributed by atoms with Crippen molar-refractivity contribution in [1.82, 2.24) is 5.32 Å². The van der Waals surface area contributed by atoms with Crippen molar-refractivity contribution in [2.75, 3.05) is 6.54 Å². The molecule has 110 valence electrons.